The number of alkyl carbamates (subject to hydrolysis) is 1. The van der Waals surface area contributed by atoms with Crippen molar-refractivity contribution in [2.75, 3.05) is 6.61 Å². The topological polar surface area (TPSA) is 222 Å². The summed E-state index contributed by atoms with van der Waals surface area (Å²) in [6, 6.07) is 2.37. The average Bonchev–Trinajstić information content (AvgIpc) is 2.98. The predicted molar refractivity (Wildman–Crippen MR) is 118 cm³/mol. The van der Waals surface area contributed by atoms with Crippen LogP contribution in [0.5, 0.6) is 0 Å². The standard InChI is InChI=1S/C10H19NO4.C6H6N2O.C5H10O5/c1-6(2)7(8(12)13)11-9(14)15-10(3,4)5;7-6(9)5-2-1-3-8-4-5;6-1-2-3(7)4(8)5(9)10-2/h6-7H,1-5H3,(H,11,14)(H,12,13);1-4H,(H2,7,9);2-9H,1H2/t7-;;2-,3-,4-,5?/m0.1/s1. The van der Waals surface area contributed by atoms with E-state index < -0.39 is 60.8 Å². The maximum atomic E-state index is 11.3. The summed E-state index contributed by atoms with van der Waals surface area (Å²) in [6.45, 7) is 8.19. The Morgan fingerprint density at radius 3 is 2.06 bits per heavy atom. The number of carboxylic acid groups (broad SMARTS) is 1. The number of amides is 2. The molecule has 1 aromatic heterocycles. The van der Waals surface area contributed by atoms with Crippen LogP contribution < -0.4 is 11.1 Å². The van der Waals surface area contributed by atoms with Gasteiger partial charge in [-0.1, -0.05) is 13.8 Å². The summed E-state index contributed by atoms with van der Waals surface area (Å²) in [4.78, 5) is 36.1. The molecule has 0 bridgehead atoms. The van der Waals surface area contributed by atoms with Gasteiger partial charge in [0.25, 0.3) is 0 Å². The minimum Gasteiger partial charge on any atom is -0.480 e. The third kappa shape index (κ3) is 11.9. The van der Waals surface area contributed by atoms with E-state index in [9.17, 15) is 14.4 Å². The zero-order valence-electron chi connectivity index (χ0n) is 19.8. The minimum atomic E-state index is -1.38. The van der Waals surface area contributed by atoms with Crippen LogP contribution in [0, 0.1) is 5.92 Å². The van der Waals surface area contributed by atoms with Gasteiger partial charge in [-0.25, -0.2) is 9.59 Å². The van der Waals surface area contributed by atoms with Crippen LogP contribution in [-0.4, -0.2) is 91.3 Å². The third-order valence-electron chi connectivity index (χ3n) is 4.07. The molecule has 1 fully saturated rings. The summed E-state index contributed by atoms with van der Waals surface area (Å²) in [5.74, 6) is -1.69. The molecular weight excluding hydrogens is 454 g/mol. The summed E-state index contributed by atoms with van der Waals surface area (Å²) in [6.07, 6.45) is -2.44. The number of hydrogen-bond acceptors (Lipinski definition) is 10. The van der Waals surface area contributed by atoms with Crippen molar-refractivity contribution in [1.29, 1.82) is 0 Å². The van der Waals surface area contributed by atoms with Gasteiger partial charge in [0.2, 0.25) is 5.91 Å². The van der Waals surface area contributed by atoms with Crippen molar-refractivity contribution in [3.05, 3.63) is 30.1 Å². The van der Waals surface area contributed by atoms with Crippen molar-refractivity contribution in [2.45, 2.75) is 70.9 Å². The number of aliphatic carboxylic acids is 1. The fourth-order valence-corrected chi connectivity index (χ4v) is 2.34. The van der Waals surface area contributed by atoms with Gasteiger partial charge in [0.15, 0.2) is 6.29 Å². The second kappa shape index (κ2) is 14.4. The van der Waals surface area contributed by atoms with Crippen LogP contribution in [0.4, 0.5) is 4.79 Å². The van der Waals surface area contributed by atoms with Gasteiger partial charge in [0, 0.05) is 12.4 Å². The van der Waals surface area contributed by atoms with E-state index in [1.165, 1.54) is 6.20 Å². The second-order valence-corrected chi connectivity index (χ2v) is 8.54. The molecule has 2 amide bonds. The molecule has 1 aromatic rings. The molecule has 0 radical (unpaired) electrons. The van der Waals surface area contributed by atoms with Crippen molar-refractivity contribution >= 4 is 18.0 Å². The highest BCUT2D eigenvalue weighted by Crippen LogP contribution is 2.18. The number of aliphatic hydroxyl groups is 4. The fourth-order valence-electron chi connectivity index (χ4n) is 2.34. The number of carbonyl (C=O) groups excluding carboxylic acids is 2. The molecule has 1 aliphatic rings. The van der Waals surface area contributed by atoms with Crippen LogP contribution in [0.2, 0.25) is 0 Å². The van der Waals surface area contributed by atoms with E-state index in [1.54, 1.807) is 52.9 Å². The van der Waals surface area contributed by atoms with Crippen molar-refractivity contribution in [3.63, 3.8) is 0 Å². The largest absolute Gasteiger partial charge is 0.480 e. The number of aromatic nitrogens is 1. The highest BCUT2D eigenvalue weighted by molar-refractivity contribution is 5.92. The molecule has 0 saturated carbocycles. The number of nitrogens with zero attached hydrogens (tertiary/aromatic N) is 1. The highest BCUT2D eigenvalue weighted by atomic mass is 16.6. The van der Waals surface area contributed by atoms with Crippen LogP contribution in [0.3, 0.4) is 0 Å². The van der Waals surface area contributed by atoms with E-state index in [2.05, 4.69) is 15.0 Å². The Labute approximate surface area is 197 Å². The number of aliphatic hydroxyl groups excluding tert-OH is 4. The molecule has 1 unspecified atom stereocenters. The number of nitrogens with two attached hydrogens (primary N) is 1. The first-order valence-corrected chi connectivity index (χ1v) is 10.3. The molecule has 0 aliphatic carbocycles. The minimum absolute atomic E-state index is 0.185. The maximum absolute atomic E-state index is 11.3. The average molecular weight is 490 g/mol. The lowest BCUT2D eigenvalue weighted by Crippen LogP contribution is -2.46. The molecule has 0 spiro atoms. The Kier molecular flexibility index (Phi) is 13.2. The van der Waals surface area contributed by atoms with E-state index in [-0.39, 0.29) is 5.92 Å². The molecule has 194 valence electrons. The molecule has 8 N–H and O–H groups in total. The van der Waals surface area contributed by atoms with Crippen molar-refractivity contribution in [2.24, 2.45) is 11.7 Å². The smallest absolute Gasteiger partial charge is 0.408 e. The van der Waals surface area contributed by atoms with Gasteiger partial charge >= 0.3 is 12.1 Å². The number of carboxylic acids is 1. The van der Waals surface area contributed by atoms with E-state index in [0.717, 1.165) is 0 Å². The fraction of sp³-hybridized carbons (Fsp3) is 0.619. The third-order valence-corrected chi connectivity index (χ3v) is 4.07. The number of hydrogen-bond donors (Lipinski definition) is 7. The number of rotatable bonds is 5. The number of ether oxygens (including phenoxy) is 2. The van der Waals surface area contributed by atoms with Crippen LogP contribution in [0.1, 0.15) is 45.0 Å². The molecular formula is C21H35N3O10. The first kappa shape index (κ1) is 31.2. The summed E-state index contributed by atoms with van der Waals surface area (Å²) in [5.41, 5.74) is 4.76. The maximum Gasteiger partial charge on any atom is 0.408 e. The van der Waals surface area contributed by atoms with Gasteiger partial charge in [-0.15, -0.1) is 0 Å². The monoisotopic (exact) mass is 489 g/mol. The van der Waals surface area contributed by atoms with E-state index >= 15 is 0 Å². The summed E-state index contributed by atoms with van der Waals surface area (Å²) < 4.78 is 9.50. The lowest BCUT2D eigenvalue weighted by molar-refractivity contribution is -0.140. The first-order valence-electron chi connectivity index (χ1n) is 10.3. The Morgan fingerprint density at radius 1 is 1.21 bits per heavy atom. The molecule has 13 heteroatoms. The number of nitrogens with one attached hydrogen (secondary N) is 1. The van der Waals surface area contributed by atoms with Gasteiger partial charge < -0.3 is 46.1 Å². The summed E-state index contributed by atoms with van der Waals surface area (Å²) >= 11 is 0. The van der Waals surface area contributed by atoms with Gasteiger partial charge in [0.1, 0.15) is 30.0 Å². The van der Waals surface area contributed by atoms with Crippen molar-refractivity contribution < 1.29 is 49.4 Å². The molecule has 1 saturated heterocycles. The predicted octanol–water partition coefficient (Wildman–Crippen LogP) is -0.781. The van der Waals surface area contributed by atoms with E-state index in [4.69, 9.17) is 36.0 Å². The molecule has 2 heterocycles. The Balaban J connectivity index is 0.000000499. The number of pyridine rings is 1. The Morgan fingerprint density at radius 2 is 1.79 bits per heavy atom. The van der Waals surface area contributed by atoms with E-state index in [0.29, 0.717) is 5.56 Å². The van der Waals surface area contributed by atoms with Crippen molar-refractivity contribution in [3.8, 4) is 0 Å². The lowest BCUT2D eigenvalue weighted by atomic mass is 10.1. The van der Waals surface area contributed by atoms with Gasteiger partial charge in [-0.05, 0) is 38.8 Å². The molecule has 2 rings (SSSR count). The molecule has 13 nitrogen and oxygen atoms in total. The molecule has 1 aliphatic heterocycles. The molecule has 5 atom stereocenters. The van der Waals surface area contributed by atoms with Gasteiger partial charge in [-0.3, -0.25) is 9.78 Å². The van der Waals surface area contributed by atoms with Crippen LogP contribution in [0.25, 0.3) is 0 Å². The Bertz CT molecular complexity index is 770. The molecule has 0 aromatic carbocycles. The quantitative estimate of drug-likeness (QED) is 0.272. The van der Waals surface area contributed by atoms with E-state index in [1.807, 2.05) is 0 Å². The van der Waals surface area contributed by atoms with Gasteiger partial charge in [-0.2, -0.15) is 0 Å². The zero-order chi connectivity index (χ0) is 26.6. The number of carbonyl (C=O) groups is 3. The summed E-state index contributed by atoms with van der Waals surface area (Å²) in [5, 5.41) is 46.1. The van der Waals surface area contributed by atoms with Crippen LogP contribution in [-0.2, 0) is 14.3 Å². The normalized spacial score (nSPS) is 22.4. The van der Waals surface area contributed by atoms with Crippen molar-refractivity contribution in [1.82, 2.24) is 10.3 Å². The van der Waals surface area contributed by atoms with Crippen LogP contribution in [0.15, 0.2) is 24.5 Å². The zero-order valence-corrected chi connectivity index (χ0v) is 19.8. The van der Waals surface area contributed by atoms with Gasteiger partial charge in [0.05, 0.1) is 12.2 Å². The first-order chi connectivity index (χ1) is 15.6. The Hall–Kier alpha value is -2.84. The molecule has 34 heavy (non-hydrogen) atoms. The van der Waals surface area contributed by atoms with Crippen LogP contribution >= 0.6 is 0 Å². The summed E-state index contributed by atoms with van der Waals surface area (Å²) in [7, 11) is 0. The number of primary amides is 1. The highest BCUT2D eigenvalue weighted by Gasteiger charge is 2.41. The lowest BCUT2D eigenvalue weighted by Gasteiger charge is -2.23. The SMILES string of the molecule is CC(C)[C@H](NC(=O)OC(C)(C)C)C(=O)O.NC(=O)c1cccnc1.OC[C@H]1OC(O)[C@H](O)[C@@H]1O. The second-order valence-electron chi connectivity index (χ2n) is 8.54.